The van der Waals surface area contributed by atoms with E-state index in [4.69, 9.17) is 15.4 Å². The molecule has 38 heavy (non-hydrogen) atoms. The van der Waals surface area contributed by atoms with Gasteiger partial charge < -0.3 is 10.8 Å². The van der Waals surface area contributed by atoms with Gasteiger partial charge in [-0.1, -0.05) is 121 Å². The van der Waals surface area contributed by atoms with Crippen LogP contribution in [0.25, 0.3) is 0 Å². The molecule has 0 radical (unpaired) electrons. The SMILES string of the molecule is CCCCCCCCCCCCCCCCCC(N)=O.O=C(O)C1=CC(S(=O)(=O)O)c2ccccc2C1=O. The highest BCUT2D eigenvalue weighted by Crippen LogP contribution is 2.33. The standard InChI is InChI=1S/C18H37NO.C11H8O6S/c1-2-3-4-5-6-7-8-9-10-11-12-13-14-15-16-17-18(19)20;12-10-7-4-2-1-3-6(7)9(18(15,16)17)5-8(10)11(13)14/h2-17H2,1H3,(H2,19,20);1-5,9H,(H,13,14)(H,15,16,17). The van der Waals surface area contributed by atoms with Crippen molar-refractivity contribution in [2.24, 2.45) is 5.73 Å². The van der Waals surface area contributed by atoms with Gasteiger partial charge in [0.1, 0.15) is 10.8 Å². The van der Waals surface area contributed by atoms with Crippen LogP contribution in [-0.4, -0.2) is 35.7 Å². The normalized spacial score (nSPS) is 14.7. The van der Waals surface area contributed by atoms with E-state index in [1.807, 2.05) is 0 Å². The van der Waals surface area contributed by atoms with Crippen molar-refractivity contribution in [1.82, 2.24) is 0 Å². The number of amides is 1. The largest absolute Gasteiger partial charge is 0.478 e. The van der Waals surface area contributed by atoms with E-state index < -0.39 is 32.7 Å². The number of carbonyl (C=O) groups excluding carboxylic acids is 2. The first kappa shape index (κ1) is 33.5. The number of rotatable bonds is 18. The summed E-state index contributed by atoms with van der Waals surface area (Å²) in [6.45, 7) is 2.28. The Morgan fingerprint density at radius 3 is 1.68 bits per heavy atom. The first-order valence-corrected chi connectivity index (χ1v) is 15.4. The highest BCUT2D eigenvalue weighted by atomic mass is 32.2. The molecule has 0 aliphatic heterocycles. The Morgan fingerprint density at radius 1 is 0.816 bits per heavy atom. The number of benzene rings is 1. The molecule has 0 bridgehead atoms. The molecular weight excluding hydrogens is 506 g/mol. The van der Waals surface area contributed by atoms with E-state index in [0.29, 0.717) is 6.42 Å². The summed E-state index contributed by atoms with van der Waals surface area (Å²) in [7, 11) is -4.52. The van der Waals surface area contributed by atoms with Crippen LogP contribution in [-0.2, 0) is 19.7 Å². The summed E-state index contributed by atoms with van der Waals surface area (Å²) in [6.07, 6.45) is 21.6. The fourth-order valence-electron chi connectivity index (χ4n) is 4.50. The molecule has 1 amide bonds. The van der Waals surface area contributed by atoms with Gasteiger partial charge in [0.25, 0.3) is 10.1 Å². The quantitative estimate of drug-likeness (QED) is 0.106. The molecule has 214 valence electrons. The molecular formula is C29H45NO7S. The number of carboxylic acid groups (broad SMARTS) is 1. The number of nitrogens with two attached hydrogens (primary N) is 1. The van der Waals surface area contributed by atoms with E-state index >= 15 is 0 Å². The Labute approximate surface area is 227 Å². The van der Waals surface area contributed by atoms with Gasteiger partial charge >= 0.3 is 5.97 Å². The molecule has 0 saturated carbocycles. The fourth-order valence-corrected chi connectivity index (χ4v) is 5.33. The van der Waals surface area contributed by atoms with Gasteiger partial charge in [-0.25, -0.2) is 4.79 Å². The van der Waals surface area contributed by atoms with Gasteiger partial charge in [0, 0.05) is 12.0 Å². The monoisotopic (exact) mass is 551 g/mol. The van der Waals surface area contributed by atoms with Crippen LogP contribution >= 0.6 is 0 Å². The van der Waals surface area contributed by atoms with Gasteiger partial charge in [0.05, 0.1) is 0 Å². The Hall–Kier alpha value is -2.52. The van der Waals surface area contributed by atoms with E-state index in [-0.39, 0.29) is 17.0 Å². The summed E-state index contributed by atoms with van der Waals surface area (Å²) in [5, 5.41) is 7.32. The molecule has 9 heteroatoms. The lowest BCUT2D eigenvalue weighted by Gasteiger charge is -2.19. The highest BCUT2D eigenvalue weighted by molar-refractivity contribution is 7.86. The van der Waals surface area contributed by atoms with Crippen molar-refractivity contribution in [2.75, 3.05) is 0 Å². The molecule has 2 rings (SSSR count). The number of ketones is 1. The number of hydrogen-bond donors (Lipinski definition) is 3. The van der Waals surface area contributed by atoms with Crippen molar-refractivity contribution in [2.45, 2.75) is 115 Å². The van der Waals surface area contributed by atoms with Crippen LogP contribution < -0.4 is 5.73 Å². The first-order valence-electron chi connectivity index (χ1n) is 13.9. The van der Waals surface area contributed by atoms with Crippen molar-refractivity contribution in [3.8, 4) is 0 Å². The summed E-state index contributed by atoms with van der Waals surface area (Å²) in [5.41, 5.74) is 4.50. The second-order valence-corrected chi connectivity index (χ2v) is 11.4. The van der Waals surface area contributed by atoms with Crippen molar-refractivity contribution in [3.63, 3.8) is 0 Å². The van der Waals surface area contributed by atoms with Gasteiger partial charge in [-0.05, 0) is 18.1 Å². The number of aliphatic carboxylic acids is 1. The lowest BCUT2D eigenvalue weighted by atomic mass is 9.90. The summed E-state index contributed by atoms with van der Waals surface area (Å²) >= 11 is 0. The van der Waals surface area contributed by atoms with Crippen molar-refractivity contribution in [1.29, 1.82) is 0 Å². The van der Waals surface area contributed by atoms with Gasteiger partial charge in [0.2, 0.25) is 5.91 Å². The number of carbonyl (C=O) groups is 3. The maximum absolute atomic E-state index is 11.8. The fraction of sp³-hybridized carbons (Fsp3) is 0.621. The lowest BCUT2D eigenvalue weighted by molar-refractivity contribution is -0.132. The molecule has 1 atom stereocenters. The number of hydrogen-bond acceptors (Lipinski definition) is 5. The third-order valence-corrected chi connectivity index (χ3v) is 7.68. The van der Waals surface area contributed by atoms with Crippen molar-refractivity contribution < 1.29 is 32.5 Å². The average Bonchev–Trinajstić information content (AvgIpc) is 2.86. The van der Waals surface area contributed by atoms with Crippen molar-refractivity contribution in [3.05, 3.63) is 47.0 Å². The molecule has 0 saturated heterocycles. The predicted molar refractivity (Wildman–Crippen MR) is 150 cm³/mol. The van der Waals surface area contributed by atoms with Crippen LogP contribution in [0, 0.1) is 0 Å². The summed E-state index contributed by atoms with van der Waals surface area (Å²) in [6, 6.07) is 5.68. The first-order chi connectivity index (χ1) is 18.1. The van der Waals surface area contributed by atoms with Crippen LogP contribution in [0.1, 0.15) is 131 Å². The second-order valence-electron chi connectivity index (χ2n) is 9.90. The van der Waals surface area contributed by atoms with E-state index in [1.165, 1.54) is 114 Å². The molecule has 8 nitrogen and oxygen atoms in total. The average molecular weight is 552 g/mol. The number of primary amides is 1. The third-order valence-electron chi connectivity index (χ3n) is 6.65. The molecule has 1 aromatic rings. The Bertz CT molecular complexity index is 1020. The van der Waals surface area contributed by atoms with Gasteiger partial charge in [-0.15, -0.1) is 0 Å². The Balaban J connectivity index is 0.000000381. The van der Waals surface area contributed by atoms with E-state index in [9.17, 15) is 22.8 Å². The zero-order chi connectivity index (χ0) is 28.4. The van der Waals surface area contributed by atoms with Gasteiger partial charge in [0.15, 0.2) is 5.78 Å². The van der Waals surface area contributed by atoms with Crippen LogP contribution in [0.4, 0.5) is 0 Å². The molecule has 0 spiro atoms. The number of Topliss-reactive ketones (excluding diaryl/α,β-unsaturated/α-hetero) is 1. The minimum atomic E-state index is -4.52. The number of fused-ring (bicyclic) bond motifs is 1. The molecule has 4 N–H and O–H groups in total. The number of unbranched alkanes of at least 4 members (excludes halogenated alkanes) is 14. The van der Waals surface area contributed by atoms with E-state index in [1.54, 1.807) is 0 Å². The molecule has 1 unspecified atom stereocenters. The zero-order valence-corrected chi connectivity index (χ0v) is 23.5. The molecule has 1 aliphatic rings. The van der Waals surface area contributed by atoms with Crippen LogP contribution in [0.3, 0.4) is 0 Å². The Morgan fingerprint density at radius 2 is 1.26 bits per heavy atom. The molecule has 0 aromatic heterocycles. The minimum absolute atomic E-state index is 0.0278. The smallest absolute Gasteiger partial charge is 0.339 e. The predicted octanol–water partition coefficient (Wildman–Crippen LogP) is 6.56. The van der Waals surface area contributed by atoms with Crippen LogP contribution in [0.5, 0.6) is 0 Å². The van der Waals surface area contributed by atoms with Gasteiger partial charge in [-0.3, -0.25) is 14.1 Å². The molecule has 1 aromatic carbocycles. The lowest BCUT2D eigenvalue weighted by Crippen LogP contribution is -2.24. The van der Waals surface area contributed by atoms with Crippen LogP contribution in [0.15, 0.2) is 35.9 Å². The summed E-state index contributed by atoms with van der Waals surface area (Å²) in [4.78, 5) is 33.2. The topological polar surface area (TPSA) is 152 Å². The number of carboxylic acids is 1. The maximum Gasteiger partial charge on any atom is 0.339 e. The van der Waals surface area contributed by atoms with Crippen LogP contribution in [0.2, 0.25) is 0 Å². The third kappa shape index (κ3) is 13.3. The molecule has 0 fully saturated rings. The summed E-state index contributed by atoms with van der Waals surface area (Å²) in [5.74, 6) is -2.44. The maximum atomic E-state index is 11.8. The molecule has 0 heterocycles. The van der Waals surface area contributed by atoms with E-state index in [0.717, 1.165) is 12.5 Å². The second kappa shape index (κ2) is 18.7. The highest BCUT2D eigenvalue weighted by Gasteiger charge is 2.35. The molecule has 1 aliphatic carbocycles. The summed E-state index contributed by atoms with van der Waals surface area (Å²) < 4.78 is 31.6. The minimum Gasteiger partial charge on any atom is -0.478 e. The van der Waals surface area contributed by atoms with Gasteiger partial charge in [-0.2, -0.15) is 8.42 Å². The Kier molecular flexibility index (Phi) is 16.5. The van der Waals surface area contributed by atoms with E-state index in [2.05, 4.69) is 6.92 Å². The van der Waals surface area contributed by atoms with Crippen molar-refractivity contribution >= 4 is 27.8 Å². The zero-order valence-electron chi connectivity index (χ0n) is 22.7.